The molecule has 96 valence electrons. The van der Waals surface area contributed by atoms with Crippen molar-refractivity contribution >= 4 is 28.1 Å². The first-order chi connectivity index (χ1) is 8.61. The number of hydrogen-bond acceptors (Lipinski definition) is 3. The van der Waals surface area contributed by atoms with Crippen LogP contribution < -0.4 is 0 Å². The smallest absolute Gasteiger partial charge is 0.195 e. The maximum atomic E-state index is 5.23. The van der Waals surface area contributed by atoms with Gasteiger partial charge in [0.25, 0.3) is 0 Å². The van der Waals surface area contributed by atoms with Gasteiger partial charge < -0.3 is 4.74 Å². The number of benzene rings is 1. The molecule has 1 aromatic heterocycles. The summed E-state index contributed by atoms with van der Waals surface area (Å²) in [6.45, 7) is 3.34. The van der Waals surface area contributed by atoms with Crippen molar-refractivity contribution in [1.29, 1.82) is 0 Å². The van der Waals surface area contributed by atoms with Gasteiger partial charge in [-0.15, -0.1) is 0 Å². The second-order valence-electron chi connectivity index (χ2n) is 4.01. The van der Waals surface area contributed by atoms with E-state index in [2.05, 4.69) is 45.2 Å². The van der Waals surface area contributed by atoms with Crippen LogP contribution in [0.4, 0.5) is 0 Å². The van der Waals surface area contributed by atoms with Crippen LogP contribution in [-0.4, -0.2) is 28.5 Å². The van der Waals surface area contributed by atoms with E-state index in [4.69, 9.17) is 17.0 Å². The van der Waals surface area contributed by atoms with E-state index in [1.54, 1.807) is 7.11 Å². The maximum Gasteiger partial charge on any atom is 0.195 e. The number of rotatable bonds is 4. The number of H-pyrrole nitrogens is 1. The highest BCUT2D eigenvalue weighted by Crippen LogP contribution is 2.23. The summed E-state index contributed by atoms with van der Waals surface area (Å²) in [6, 6.07) is 6.17. The predicted molar refractivity (Wildman–Crippen MR) is 77.2 cm³/mol. The molecule has 0 atom stereocenters. The van der Waals surface area contributed by atoms with Crippen molar-refractivity contribution in [2.24, 2.45) is 0 Å². The minimum absolute atomic E-state index is 0.605. The highest BCUT2D eigenvalue weighted by molar-refractivity contribution is 9.10. The summed E-state index contributed by atoms with van der Waals surface area (Å²) in [7, 11) is 1.67. The third-order valence-corrected chi connectivity index (χ3v) is 3.35. The van der Waals surface area contributed by atoms with Gasteiger partial charge in [0.2, 0.25) is 0 Å². The molecule has 0 unspecified atom stereocenters. The Morgan fingerprint density at radius 3 is 2.89 bits per heavy atom. The van der Waals surface area contributed by atoms with Crippen LogP contribution in [-0.2, 0) is 11.3 Å². The molecule has 1 aromatic carbocycles. The molecule has 0 aliphatic carbocycles. The first-order valence-electron chi connectivity index (χ1n) is 5.53. The second-order valence-corrected chi connectivity index (χ2v) is 5.32. The molecule has 0 aliphatic heterocycles. The summed E-state index contributed by atoms with van der Waals surface area (Å²) >= 11 is 8.73. The van der Waals surface area contributed by atoms with Gasteiger partial charge in [-0.2, -0.15) is 5.10 Å². The van der Waals surface area contributed by atoms with E-state index >= 15 is 0 Å². The number of ether oxygens (including phenoxy) is 1. The van der Waals surface area contributed by atoms with E-state index < -0.39 is 0 Å². The Bertz CT molecular complexity index is 585. The number of methoxy groups -OCH3 is 1. The van der Waals surface area contributed by atoms with Crippen molar-refractivity contribution in [3.63, 3.8) is 0 Å². The number of aromatic amines is 1. The zero-order chi connectivity index (χ0) is 13.1. The summed E-state index contributed by atoms with van der Waals surface area (Å²) < 4.78 is 8.68. The van der Waals surface area contributed by atoms with Gasteiger partial charge in [-0.05, 0) is 42.9 Å². The molecule has 0 spiro atoms. The molecule has 18 heavy (non-hydrogen) atoms. The SMILES string of the molecule is COCCn1c(-c2cc(C)cc(Br)c2)n[nH]c1=S. The molecule has 2 aromatic rings. The molecule has 6 heteroatoms. The number of aromatic nitrogens is 3. The minimum Gasteiger partial charge on any atom is -0.383 e. The van der Waals surface area contributed by atoms with E-state index in [1.165, 1.54) is 5.56 Å². The van der Waals surface area contributed by atoms with Crippen LogP contribution in [0.25, 0.3) is 11.4 Å². The quantitative estimate of drug-likeness (QED) is 0.876. The molecule has 0 aliphatic rings. The van der Waals surface area contributed by atoms with E-state index in [0.29, 0.717) is 17.9 Å². The van der Waals surface area contributed by atoms with Crippen LogP contribution in [0, 0.1) is 11.7 Å². The molecule has 1 N–H and O–H groups in total. The zero-order valence-electron chi connectivity index (χ0n) is 10.2. The largest absolute Gasteiger partial charge is 0.383 e. The fourth-order valence-corrected chi connectivity index (χ4v) is 2.62. The van der Waals surface area contributed by atoms with Crippen molar-refractivity contribution in [1.82, 2.24) is 14.8 Å². The lowest BCUT2D eigenvalue weighted by Gasteiger charge is -2.07. The van der Waals surface area contributed by atoms with Crippen LogP contribution in [0.2, 0.25) is 0 Å². The Hall–Kier alpha value is -0.980. The topological polar surface area (TPSA) is 42.8 Å². The fourth-order valence-electron chi connectivity index (χ4n) is 1.79. The summed E-state index contributed by atoms with van der Waals surface area (Å²) in [4.78, 5) is 0. The Morgan fingerprint density at radius 1 is 1.44 bits per heavy atom. The highest BCUT2D eigenvalue weighted by atomic mass is 79.9. The van der Waals surface area contributed by atoms with Crippen LogP contribution in [0.1, 0.15) is 5.56 Å². The van der Waals surface area contributed by atoms with Crippen LogP contribution >= 0.6 is 28.1 Å². The summed E-state index contributed by atoms with van der Waals surface area (Å²) in [6.07, 6.45) is 0. The number of halogens is 1. The number of hydrogen-bond donors (Lipinski definition) is 1. The van der Waals surface area contributed by atoms with E-state index in [-0.39, 0.29) is 0 Å². The first kappa shape index (κ1) is 13.5. The Balaban J connectivity index is 2.47. The van der Waals surface area contributed by atoms with Crippen molar-refractivity contribution in [3.8, 4) is 11.4 Å². The predicted octanol–water partition coefficient (Wildman–Crippen LogP) is 3.33. The summed E-state index contributed by atoms with van der Waals surface area (Å²) in [5, 5.41) is 7.12. The van der Waals surface area contributed by atoms with E-state index in [1.807, 2.05) is 10.6 Å². The van der Waals surface area contributed by atoms with Gasteiger partial charge in [-0.25, -0.2) is 0 Å². The van der Waals surface area contributed by atoms with Crippen molar-refractivity contribution < 1.29 is 4.74 Å². The molecule has 0 bridgehead atoms. The summed E-state index contributed by atoms with van der Waals surface area (Å²) in [5.74, 6) is 0.835. The molecule has 0 amide bonds. The lowest BCUT2D eigenvalue weighted by molar-refractivity contribution is 0.187. The van der Waals surface area contributed by atoms with Gasteiger partial charge >= 0.3 is 0 Å². The lowest BCUT2D eigenvalue weighted by Crippen LogP contribution is -2.06. The van der Waals surface area contributed by atoms with Crippen LogP contribution in [0.5, 0.6) is 0 Å². The van der Waals surface area contributed by atoms with Gasteiger partial charge in [0, 0.05) is 17.1 Å². The van der Waals surface area contributed by atoms with Gasteiger partial charge in [0.05, 0.1) is 13.2 Å². The van der Waals surface area contributed by atoms with Gasteiger partial charge in [-0.1, -0.05) is 15.9 Å². The second kappa shape index (κ2) is 5.77. The molecule has 0 fully saturated rings. The van der Waals surface area contributed by atoms with Crippen LogP contribution in [0.3, 0.4) is 0 Å². The number of nitrogens with zero attached hydrogens (tertiary/aromatic N) is 2. The van der Waals surface area contributed by atoms with Crippen molar-refractivity contribution in [2.45, 2.75) is 13.5 Å². The maximum absolute atomic E-state index is 5.23. The first-order valence-corrected chi connectivity index (χ1v) is 6.73. The summed E-state index contributed by atoms with van der Waals surface area (Å²) in [5.41, 5.74) is 2.21. The third kappa shape index (κ3) is 2.88. The average molecular weight is 328 g/mol. The Morgan fingerprint density at radius 2 is 2.22 bits per heavy atom. The van der Waals surface area contributed by atoms with Crippen molar-refractivity contribution in [2.75, 3.05) is 13.7 Å². The zero-order valence-corrected chi connectivity index (χ0v) is 12.6. The fraction of sp³-hybridized carbons (Fsp3) is 0.333. The molecule has 0 saturated heterocycles. The van der Waals surface area contributed by atoms with Gasteiger partial charge in [-0.3, -0.25) is 9.67 Å². The number of aryl methyl sites for hydroxylation is 1. The molecule has 0 saturated carbocycles. The molecular weight excluding hydrogens is 314 g/mol. The van der Waals surface area contributed by atoms with Gasteiger partial charge in [0.15, 0.2) is 10.6 Å². The van der Waals surface area contributed by atoms with E-state index in [0.717, 1.165) is 15.9 Å². The molecule has 4 nitrogen and oxygen atoms in total. The van der Waals surface area contributed by atoms with Crippen molar-refractivity contribution in [3.05, 3.63) is 33.0 Å². The van der Waals surface area contributed by atoms with Gasteiger partial charge in [0.1, 0.15) is 0 Å². The van der Waals surface area contributed by atoms with E-state index in [9.17, 15) is 0 Å². The highest BCUT2D eigenvalue weighted by Gasteiger charge is 2.09. The Labute approximate surface area is 119 Å². The molecule has 1 heterocycles. The molecular formula is C12H14BrN3OS. The lowest BCUT2D eigenvalue weighted by atomic mass is 10.1. The number of nitrogens with one attached hydrogen (secondary N) is 1. The Kier molecular flexibility index (Phi) is 4.31. The molecule has 2 rings (SSSR count). The molecule has 0 radical (unpaired) electrons. The van der Waals surface area contributed by atoms with Crippen LogP contribution in [0.15, 0.2) is 22.7 Å². The third-order valence-electron chi connectivity index (χ3n) is 2.58. The average Bonchev–Trinajstić information content (AvgIpc) is 2.67. The minimum atomic E-state index is 0.605. The monoisotopic (exact) mass is 327 g/mol. The normalized spacial score (nSPS) is 10.8. The standard InChI is InChI=1S/C12H14BrN3OS/c1-8-5-9(7-10(13)6-8)11-14-15-12(18)16(11)3-4-17-2/h5-7H,3-4H2,1-2H3,(H,15,18).